The first-order chi connectivity index (χ1) is 27.5. The van der Waals surface area contributed by atoms with E-state index in [2.05, 4.69) is 85.5 Å². The van der Waals surface area contributed by atoms with Crippen LogP contribution in [0.25, 0.3) is 5.69 Å². The van der Waals surface area contributed by atoms with Gasteiger partial charge in [0.1, 0.15) is 6.10 Å². The van der Waals surface area contributed by atoms with Gasteiger partial charge in [-0.25, -0.2) is 9.67 Å². The number of carbonyl (C=O) groups is 1. The molecule has 5 aliphatic rings. The van der Waals surface area contributed by atoms with Crippen LogP contribution in [0.3, 0.4) is 0 Å². The van der Waals surface area contributed by atoms with Crippen LogP contribution in [0.4, 0.5) is 0 Å². The number of hydrogen-bond acceptors (Lipinski definition) is 5. The van der Waals surface area contributed by atoms with Crippen LogP contribution in [0.5, 0.6) is 5.88 Å². The smallest absolute Gasteiger partial charge is 0.309 e. The van der Waals surface area contributed by atoms with Crippen LogP contribution in [0.15, 0.2) is 52.7 Å². The Balaban J connectivity index is 1.29. The minimum atomic E-state index is -0.911. The number of rotatable bonds is 12. The van der Waals surface area contributed by atoms with Crippen LogP contribution >= 0.6 is 0 Å². The van der Waals surface area contributed by atoms with Gasteiger partial charge in [0.25, 0.3) is 5.56 Å². The van der Waals surface area contributed by atoms with Crippen LogP contribution in [-0.4, -0.2) is 38.6 Å². The molecule has 5 aliphatic carbocycles. The quantitative estimate of drug-likeness (QED) is 0.169. The minimum absolute atomic E-state index is 0.0202. The summed E-state index contributed by atoms with van der Waals surface area (Å²) in [5.41, 5.74) is 4.53. The number of allylic oxidation sites excluding steroid dienone is 3. The highest BCUT2D eigenvalue weighted by Crippen LogP contribution is 2.80. The Labute approximate surface area is 355 Å². The standard InChI is InChI=1S/C51H77N3O5/c1-15-16-27-53-38(28-41(55)54(53)35-17-18-40(58-14)52-31-35)51-26-25-50(13)48(11)23-19-36-46(8,9)39(59-34(5)30-45(6,7)44(56)57)21-22-47(36,10)37(48)20-24-49(50,12)43(51)42(32(2)3)33(4)29-51/h17-18,28,31-33,36-37,39H,5,15-16,19-27,29-30H2,1-4,6-14H3,(H,56,57)/t33-,36-,37+,39-,47?,48?,49?,50-,51-/m0/s1. The predicted molar refractivity (Wildman–Crippen MR) is 237 cm³/mol. The molecule has 7 rings (SSSR count). The second-order valence-electron chi connectivity index (χ2n) is 22.5. The van der Waals surface area contributed by atoms with Crippen molar-refractivity contribution in [3.05, 3.63) is 63.9 Å². The van der Waals surface area contributed by atoms with Gasteiger partial charge in [-0.1, -0.05) is 93.4 Å². The summed E-state index contributed by atoms with van der Waals surface area (Å²) < 4.78 is 16.4. The van der Waals surface area contributed by atoms with Crippen LogP contribution < -0.4 is 10.3 Å². The third-order valence-corrected chi connectivity index (χ3v) is 18.5. The number of hydrogen-bond donors (Lipinski definition) is 1. The number of nitrogens with zero attached hydrogens (tertiary/aromatic N) is 3. The summed E-state index contributed by atoms with van der Waals surface area (Å²) in [5, 5.41) is 9.81. The van der Waals surface area contributed by atoms with Crippen LogP contribution in [0.2, 0.25) is 0 Å². The highest BCUT2D eigenvalue weighted by atomic mass is 16.5. The number of carboxylic acids is 1. The molecule has 0 saturated heterocycles. The lowest BCUT2D eigenvalue weighted by Gasteiger charge is -2.75. The van der Waals surface area contributed by atoms with E-state index < -0.39 is 11.4 Å². The van der Waals surface area contributed by atoms with Crippen molar-refractivity contribution in [2.75, 3.05) is 7.11 Å². The van der Waals surface area contributed by atoms with Crippen LogP contribution in [0, 0.1) is 56.2 Å². The third-order valence-electron chi connectivity index (χ3n) is 18.5. The molecular formula is C51H77N3O5. The van der Waals surface area contributed by atoms with Crippen molar-refractivity contribution >= 4 is 5.97 Å². The lowest BCUT2D eigenvalue weighted by Crippen LogP contribution is -2.68. The molecule has 2 aromatic heterocycles. The van der Waals surface area contributed by atoms with E-state index in [1.165, 1.54) is 25.0 Å². The minimum Gasteiger partial charge on any atom is -0.495 e. The molecule has 326 valence electrons. The normalized spacial score (nSPS) is 36.4. The van der Waals surface area contributed by atoms with E-state index in [4.69, 9.17) is 9.47 Å². The number of ether oxygens (including phenoxy) is 2. The van der Waals surface area contributed by atoms with Gasteiger partial charge in [0.05, 0.1) is 35.9 Å². The van der Waals surface area contributed by atoms with E-state index in [1.54, 1.807) is 38.3 Å². The van der Waals surface area contributed by atoms with E-state index in [1.807, 2.05) is 22.9 Å². The number of aromatic nitrogens is 3. The Hall–Kier alpha value is -3.29. The summed E-state index contributed by atoms with van der Waals surface area (Å²) in [6, 6.07) is 5.85. The Kier molecular flexibility index (Phi) is 10.9. The average Bonchev–Trinajstić information content (AvgIpc) is 3.67. The molecule has 3 unspecified atom stereocenters. The Morgan fingerprint density at radius 2 is 1.71 bits per heavy atom. The number of unbranched alkanes of at least 4 members (excludes halogenated alkanes) is 1. The van der Waals surface area contributed by atoms with Gasteiger partial charge in [-0.2, -0.15) is 0 Å². The summed E-state index contributed by atoms with van der Waals surface area (Å²) in [6.07, 6.45) is 14.2. The van der Waals surface area contributed by atoms with E-state index in [0.717, 1.165) is 63.6 Å². The van der Waals surface area contributed by atoms with Crippen molar-refractivity contribution in [1.29, 1.82) is 0 Å². The zero-order valence-electron chi connectivity index (χ0n) is 39.0. The molecule has 8 nitrogen and oxygen atoms in total. The first kappa shape index (κ1) is 43.8. The monoisotopic (exact) mass is 812 g/mol. The zero-order chi connectivity index (χ0) is 43.3. The molecule has 59 heavy (non-hydrogen) atoms. The van der Waals surface area contributed by atoms with Gasteiger partial charge in [-0.3, -0.25) is 14.3 Å². The fourth-order valence-corrected chi connectivity index (χ4v) is 15.5. The van der Waals surface area contributed by atoms with Gasteiger partial charge in [0.15, 0.2) is 0 Å². The molecule has 4 fully saturated rings. The number of pyridine rings is 1. The summed E-state index contributed by atoms with van der Waals surface area (Å²) in [7, 11) is 1.63. The maximum atomic E-state index is 14.4. The fraction of sp³-hybridized carbons (Fsp3) is 0.745. The van der Waals surface area contributed by atoms with E-state index in [-0.39, 0.29) is 44.2 Å². The largest absolute Gasteiger partial charge is 0.495 e. The summed E-state index contributed by atoms with van der Waals surface area (Å²) in [5.74, 6) is 2.28. The number of carboxylic acid groups (broad SMARTS) is 1. The van der Waals surface area contributed by atoms with Crippen molar-refractivity contribution in [3.8, 4) is 11.6 Å². The molecule has 2 heterocycles. The van der Waals surface area contributed by atoms with Gasteiger partial charge >= 0.3 is 5.97 Å². The number of fused-ring (bicyclic) bond motifs is 7. The maximum absolute atomic E-state index is 14.4. The van der Waals surface area contributed by atoms with Crippen molar-refractivity contribution in [1.82, 2.24) is 14.3 Å². The van der Waals surface area contributed by atoms with E-state index >= 15 is 0 Å². The molecule has 0 spiro atoms. The fourth-order valence-electron chi connectivity index (χ4n) is 15.5. The first-order valence-corrected chi connectivity index (χ1v) is 23.2. The molecule has 0 amide bonds. The Morgan fingerprint density at radius 3 is 2.32 bits per heavy atom. The highest BCUT2D eigenvalue weighted by molar-refractivity contribution is 5.73. The zero-order valence-corrected chi connectivity index (χ0v) is 39.0. The number of aliphatic carboxylic acids is 1. The lowest BCUT2D eigenvalue weighted by atomic mass is 9.30. The van der Waals surface area contributed by atoms with E-state index in [0.29, 0.717) is 41.7 Å². The van der Waals surface area contributed by atoms with Gasteiger partial charge < -0.3 is 14.6 Å². The molecular weight excluding hydrogens is 735 g/mol. The second kappa shape index (κ2) is 14.7. The average molecular weight is 812 g/mol. The second-order valence-corrected chi connectivity index (χ2v) is 22.5. The van der Waals surface area contributed by atoms with Gasteiger partial charge in [-0.05, 0) is 129 Å². The van der Waals surface area contributed by atoms with Crippen LogP contribution in [0.1, 0.15) is 166 Å². The van der Waals surface area contributed by atoms with Crippen molar-refractivity contribution < 1.29 is 19.4 Å². The molecule has 0 radical (unpaired) electrons. The molecule has 2 aromatic rings. The first-order valence-electron chi connectivity index (χ1n) is 23.2. The van der Waals surface area contributed by atoms with E-state index in [9.17, 15) is 14.7 Å². The summed E-state index contributed by atoms with van der Waals surface area (Å²) in [4.78, 5) is 30.9. The lowest BCUT2D eigenvalue weighted by molar-refractivity contribution is -0.246. The van der Waals surface area contributed by atoms with Gasteiger partial charge in [0.2, 0.25) is 5.88 Å². The Morgan fingerprint density at radius 1 is 1.02 bits per heavy atom. The third kappa shape index (κ3) is 6.27. The topological polar surface area (TPSA) is 95.6 Å². The molecule has 9 atom stereocenters. The molecule has 1 N–H and O–H groups in total. The SMILES string of the molecule is C=C(CC(C)(C)C(=O)O)O[C@H]1CCC2(C)[C@H]3CCC4(C)C5=C(C(C)C)[C@@H](C)C[C@]5(c5cc(=O)n(-c6ccc(OC)nc6)n5CCCC)CC[C@@]4(C)C3(C)CC[C@H]2C1(C)C. The molecule has 0 bridgehead atoms. The molecule has 0 aliphatic heterocycles. The summed E-state index contributed by atoms with van der Waals surface area (Å²) in [6.45, 7) is 33.7. The Bertz CT molecular complexity index is 2050. The maximum Gasteiger partial charge on any atom is 0.309 e. The predicted octanol–water partition coefficient (Wildman–Crippen LogP) is 11.9. The van der Waals surface area contributed by atoms with Crippen molar-refractivity contribution in [2.45, 2.75) is 178 Å². The summed E-state index contributed by atoms with van der Waals surface area (Å²) >= 11 is 0. The number of methoxy groups -OCH3 is 1. The molecule has 8 heteroatoms. The van der Waals surface area contributed by atoms with Gasteiger partial charge in [-0.15, -0.1) is 0 Å². The molecule has 0 aromatic carbocycles. The highest BCUT2D eigenvalue weighted by Gasteiger charge is 2.73. The van der Waals surface area contributed by atoms with Crippen molar-refractivity contribution in [3.63, 3.8) is 0 Å². The molecule has 4 saturated carbocycles. The van der Waals surface area contributed by atoms with Crippen molar-refractivity contribution in [2.24, 2.45) is 56.2 Å². The van der Waals surface area contributed by atoms with Gasteiger partial charge in [0, 0.05) is 35.9 Å². The van der Waals surface area contributed by atoms with Crippen LogP contribution in [-0.2, 0) is 21.5 Å².